The number of nitrogens with zero attached hydrogens (tertiary/aromatic N) is 3. The summed E-state index contributed by atoms with van der Waals surface area (Å²) in [5.41, 5.74) is 10.7. The molecule has 0 radical (unpaired) electrons. The monoisotopic (exact) mass is 629 g/mol. The van der Waals surface area contributed by atoms with Crippen molar-refractivity contribution < 1.29 is 4.42 Å². The summed E-state index contributed by atoms with van der Waals surface area (Å²) >= 11 is 0. The minimum absolute atomic E-state index is 0.0476. The molecule has 0 saturated carbocycles. The smallest absolute Gasteiger partial charge is 0.163 e. The summed E-state index contributed by atoms with van der Waals surface area (Å²) in [5, 5.41) is 2.26. The molecule has 2 heterocycles. The topological polar surface area (TPSA) is 51.8 Å². The third-order valence-electron chi connectivity index (χ3n) is 9.30. The van der Waals surface area contributed by atoms with Crippen LogP contribution in [-0.2, 0) is 0 Å². The summed E-state index contributed by atoms with van der Waals surface area (Å²) < 4.78 is 6.16. The highest BCUT2D eigenvalue weighted by Gasteiger charge is 2.19. The maximum absolute atomic E-state index is 6.16. The van der Waals surface area contributed by atoms with Gasteiger partial charge in [-0.2, -0.15) is 0 Å². The first-order chi connectivity index (χ1) is 24.2. The lowest BCUT2D eigenvalue weighted by Gasteiger charge is -2.17. The fourth-order valence-corrected chi connectivity index (χ4v) is 6.63. The maximum Gasteiger partial charge on any atom is 0.163 e. The third-order valence-corrected chi connectivity index (χ3v) is 9.30. The zero-order valence-electron chi connectivity index (χ0n) is 26.7. The Labute approximate surface area is 284 Å². The van der Waals surface area contributed by atoms with Gasteiger partial charge in [-0.1, -0.05) is 152 Å². The number of furan rings is 1. The second-order valence-electron chi connectivity index (χ2n) is 12.4. The number of fused-ring (bicyclic) bond motifs is 3. The Hall–Kier alpha value is -6.39. The fraction of sp³-hybridized carbons (Fsp3) is 0.0444. The van der Waals surface area contributed by atoms with Crippen molar-refractivity contribution in [3.05, 3.63) is 181 Å². The number of para-hydroxylation sites is 1. The van der Waals surface area contributed by atoms with Crippen LogP contribution in [0.15, 0.2) is 174 Å². The minimum atomic E-state index is 0.0476. The summed E-state index contributed by atoms with van der Waals surface area (Å²) in [6.45, 7) is 0. The first-order valence-corrected chi connectivity index (χ1v) is 16.6. The van der Waals surface area contributed by atoms with Crippen molar-refractivity contribution in [1.29, 1.82) is 0 Å². The second kappa shape index (κ2) is 12.3. The van der Waals surface area contributed by atoms with Gasteiger partial charge >= 0.3 is 0 Å². The Morgan fingerprint density at radius 1 is 0.449 bits per heavy atom. The van der Waals surface area contributed by atoms with Gasteiger partial charge < -0.3 is 4.42 Å². The predicted molar refractivity (Wildman–Crippen MR) is 200 cm³/mol. The lowest BCUT2D eigenvalue weighted by Crippen LogP contribution is -2.08. The normalized spacial score (nSPS) is 14.3. The zero-order chi connectivity index (χ0) is 32.6. The van der Waals surface area contributed by atoms with Gasteiger partial charge in [-0.15, -0.1) is 0 Å². The van der Waals surface area contributed by atoms with E-state index in [1.165, 1.54) is 16.7 Å². The van der Waals surface area contributed by atoms with E-state index in [0.29, 0.717) is 11.6 Å². The number of aromatic nitrogens is 3. The van der Waals surface area contributed by atoms with Gasteiger partial charge in [0, 0.05) is 27.8 Å². The highest BCUT2D eigenvalue weighted by atomic mass is 16.3. The first kappa shape index (κ1) is 28.8. The molecule has 1 aliphatic carbocycles. The largest absolute Gasteiger partial charge is 0.456 e. The molecule has 0 saturated heterocycles. The van der Waals surface area contributed by atoms with Crippen molar-refractivity contribution in [1.82, 2.24) is 15.0 Å². The van der Waals surface area contributed by atoms with Crippen LogP contribution in [0.2, 0.25) is 0 Å². The number of allylic oxidation sites excluding steroid dienone is 4. The molecule has 0 bridgehead atoms. The molecule has 0 fully saturated rings. The number of rotatable bonds is 6. The summed E-state index contributed by atoms with van der Waals surface area (Å²) in [6.07, 6.45) is 7.52. The zero-order valence-corrected chi connectivity index (χ0v) is 26.7. The average molecular weight is 630 g/mol. The van der Waals surface area contributed by atoms with E-state index < -0.39 is 0 Å². The van der Waals surface area contributed by atoms with Crippen molar-refractivity contribution in [2.24, 2.45) is 0 Å². The standard InChI is InChI=1S/C45H31N3O/c1-3-9-30(10-4-1)32-15-21-35(22-16-32)43-46-44(36-23-17-33(18-24-36)31-11-5-2-6-12-31)48-45(47-43)37-25-19-34(20-26-37)38-27-28-40-39-13-7-8-14-41(39)49-42(40)29-38/h1-23,25-29,36H,24H2. The van der Waals surface area contributed by atoms with Crippen LogP contribution < -0.4 is 0 Å². The van der Waals surface area contributed by atoms with Crippen LogP contribution in [0.1, 0.15) is 23.7 Å². The van der Waals surface area contributed by atoms with Crippen LogP contribution in [-0.4, -0.2) is 15.0 Å². The maximum atomic E-state index is 6.16. The van der Waals surface area contributed by atoms with Crippen LogP contribution in [0.25, 0.3) is 72.5 Å². The first-order valence-electron chi connectivity index (χ1n) is 16.6. The molecule has 0 amide bonds. The Morgan fingerprint density at radius 3 is 1.63 bits per heavy atom. The second-order valence-corrected chi connectivity index (χ2v) is 12.4. The molecule has 0 spiro atoms. The highest BCUT2D eigenvalue weighted by Crippen LogP contribution is 2.34. The van der Waals surface area contributed by atoms with Crippen LogP contribution in [0, 0.1) is 0 Å². The minimum Gasteiger partial charge on any atom is -0.456 e. The predicted octanol–water partition coefficient (Wildman–Crippen LogP) is 11.6. The van der Waals surface area contributed by atoms with E-state index in [2.05, 4.69) is 140 Å². The molecule has 1 unspecified atom stereocenters. The van der Waals surface area contributed by atoms with E-state index >= 15 is 0 Å². The SMILES string of the molecule is C1=CC(c2nc(-c3ccc(-c4ccccc4)cc3)nc(-c3ccc(-c4ccc5c(c4)oc4ccccc45)cc3)n2)CC=C1c1ccccc1. The molecule has 1 atom stereocenters. The molecule has 8 aromatic rings. The molecular formula is C45H31N3O. The fourth-order valence-electron chi connectivity index (χ4n) is 6.63. The molecule has 232 valence electrons. The Bertz CT molecular complexity index is 2490. The van der Waals surface area contributed by atoms with E-state index in [9.17, 15) is 0 Å². The van der Waals surface area contributed by atoms with Crippen LogP contribution in [0.4, 0.5) is 0 Å². The molecule has 9 rings (SSSR count). The molecule has 4 heteroatoms. The molecular weight excluding hydrogens is 599 g/mol. The van der Waals surface area contributed by atoms with Crippen LogP contribution in [0.5, 0.6) is 0 Å². The molecule has 2 aromatic heterocycles. The van der Waals surface area contributed by atoms with E-state index in [-0.39, 0.29) is 5.92 Å². The van der Waals surface area contributed by atoms with Gasteiger partial charge in [0.05, 0.1) is 0 Å². The summed E-state index contributed by atoms with van der Waals surface area (Å²) in [6, 6.07) is 52.4. The lowest BCUT2D eigenvalue weighted by molar-refractivity contribution is 0.669. The van der Waals surface area contributed by atoms with Crippen molar-refractivity contribution in [3.63, 3.8) is 0 Å². The van der Waals surface area contributed by atoms with Crippen LogP contribution in [0.3, 0.4) is 0 Å². The van der Waals surface area contributed by atoms with E-state index in [1.54, 1.807) is 0 Å². The molecule has 0 N–H and O–H groups in total. The molecule has 6 aromatic carbocycles. The van der Waals surface area contributed by atoms with Crippen molar-refractivity contribution >= 4 is 27.5 Å². The molecule has 49 heavy (non-hydrogen) atoms. The summed E-state index contributed by atoms with van der Waals surface area (Å²) in [7, 11) is 0. The van der Waals surface area contributed by atoms with Crippen molar-refractivity contribution in [2.45, 2.75) is 12.3 Å². The lowest BCUT2D eigenvalue weighted by atomic mass is 9.92. The number of hydrogen-bond acceptors (Lipinski definition) is 4. The van der Waals surface area contributed by atoms with E-state index in [0.717, 1.165) is 62.0 Å². The van der Waals surface area contributed by atoms with Crippen molar-refractivity contribution in [2.75, 3.05) is 0 Å². The van der Waals surface area contributed by atoms with Gasteiger partial charge in [0.2, 0.25) is 0 Å². The number of benzene rings is 6. The quantitative estimate of drug-likeness (QED) is 0.184. The highest BCUT2D eigenvalue weighted by molar-refractivity contribution is 6.05. The Morgan fingerprint density at radius 2 is 0.980 bits per heavy atom. The van der Waals surface area contributed by atoms with Crippen LogP contribution >= 0.6 is 0 Å². The summed E-state index contributed by atoms with van der Waals surface area (Å²) in [4.78, 5) is 15.1. The Balaban J connectivity index is 1.06. The van der Waals surface area contributed by atoms with Gasteiger partial charge in [0.1, 0.15) is 17.0 Å². The average Bonchev–Trinajstić information content (AvgIpc) is 3.57. The Kier molecular flexibility index (Phi) is 7.25. The third kappa shape index (κ3) is 5.64. The molecule has 4 nitrogen and oxygen atoms in total. The van der Waals surface area contributed by atoms with Gasteiger partial charge in [-0.25, -0.2) is 15.0 Å². The number of hydrogen-bond donors (Lipinski definition) is 0. The van der Waals surface area contributed by atoms with Gasteiger partial charge in [-0.05, 0) is 58.0 Å². The van der Waals surface area contributed by atoms with Gasteiger partial charge in [0.25, 0.3) is 0 Å². The van der Waals surface area contributed by atoms with Gasteiger partial charge in [0.15, 0.2) is 11.6 Å². The summed E-state index contributed by atoms with van der Waals surface area (Å²) in [5.74, 6) is 2.15. The molecule has 1 aliphatic rings. The van der Waals surface area contributed by atoms with Gasteiger partial charge in [-0.3, -0.25) is 0 Å². The van der Waals surface area contributed by atoms with E-state index in [1.807, 2.05) is 30.3 Å². The molecule has 0 aliphatic heterocycles. The van der Waals surface area contributed by atoms with Crippen molar-refractivity contribution in [3.8, 4) is 45.0 Å². The van der Waals surface area contributed by atoms with E-state index in [4.69, 9.17) is 19.4 Å².